The molecular formula is C7H4BrClN2O2S. The first-order valence-corrected chi connectivity index (χ1v) is 6.66. The van der Waals surface area contributed by atoms with Gasteiger partial charge in [-0.15, -0.1) is 0 Å². The molecule has 2 rings (SSSR count). The Morgan fingerprint density at radius 3 is 2.79 bits per heavy atom. The molecule has 0 amide bonds. The monoisotopic (exact) mass is 294 g/mol. The summed E-state index contributed by atoms with van der Waals surface area (Å²) in [7, 11) is 1.51. The molecule has 0 bridgehead atoms. The average Bonchev–Trinajstić information content (AvgIpc) is 2.50. The van der Waals surface area contributed by atoms with Crippen LogP contribution < -0.4 is 0 Å². The third kappa shape index (κ3) is 1.65. The molecule has 1 N–H and O–H groups in total. The highest BCUT2D eigenvalue weighted by atomic mass is 79.9. The van der Waals surface area contributed by atoms with Crippen LogP contribution in [0.15, 0.2) is 27.8 Å². The molecule has 0 radical (unpaired) electrons. The van der Waals surface area contributed by atoms with E-state index in [9.17, 15) is 8.42 Å². The minimum absolute atomic E-state index is 0.0443. The van der Waals surface area contributed by atoms with Crippen LogP contribution in [-0.2, 0) is 9.05 Å². The van der Waals surface area contributed by atoms with Gasteiger partial charge >= 0.3 is 0 Å². The highest BCUT2D eigenvalue weighted by Gasteiger charge is 2.13. The van der Waals surface area contributed by atoms with Gasteiger partial charge in [0, 0.05) is 15.2 Å². The molecule has 0 unspecified atom stereocenters. The fourth-order valence-electron chi connectivity index (χ4n) is 1.12. The Balaban J connectivity index is 2.83. The Morgan fingerprint density at radius 1 is 1.43 bits per heavy atom. The molecule has 14 heavy (non-hydrogen) atoms. The van der Waals surface area contributed by atoms with Gasteiger partial charge in [0.05, 0.1) is 16.7 Å². The van der Waals surface area contributed by atoms with Crippen molar-refractivity contribution in [2.24, 2.45) is 0 Å². The van der Waals surface area contributed by atoms with Gasteiger partial charge in [-0.05, 0) is 28.1 Å². The third-order valence-electron chi connectivity index (χ3n) is 1.73. The highest BCUT2D eigenvalue weighted by molar-refractivity contribution is 9.10. The zero-order valence-electron chi connectivity index (χ0n) is 6.66. The predicted molar refractivity (Wildman–Crippen MR) is 56.8 cm³/mol. The molecule has 7 heteroatoms. The van der Waals surface area contributed by atoms with Crippen molar-refractivity contribution in [2.75, 3.05) is 0 Å². The van der Waals surface area contributed by atoms with Gasteiger partial charge in [0.1, 0.15) is 5.52 Å². The van der Waals surface area contributed by atoms with Crippen LogP contribution >= 0.6 is 26.6 Å². The summed E-state index contributed by atoms with van der Waals surface area (Å²) in [6, 6.07) is 2.86. The van der Waals surface area contributed by atoms with Crippen molar-refractivity contribution >= 4 is 46.7 Å². The van der Waals surface area contributed by atoms with Crippen molar-refractivity contribution < 1.29 is 8.42 Å². The Labute approximate surface area is 92.8 Å². The number of benzene rings is 1. The van der Waals surface area contributed by atoms with Crippen LogP contribution in [-0.4, -0.2) is 18.4 Å². The van der Waals surface area contributed by atoms with Crippen LogP contribution in [0.4, 0.5) is 0 Å². The van der Waals surface area contributed by atoms with E-state index < -0.39 is 9.05 Å². The number of nitrogens with one attached hydrogen (secondary N) is 1. The lowest BCUT2D eigenvalue weighted by atomic mass is 10.3. The van der Waals surface area contributed by atoms with E-state index in [2.05, 4.69) is 25.9 Å². The van der Waals surface area contributed by atoms with Crippen molar-refractivity contribution in [3.63, 3.8) is 0 Å². The van der Waals surface area contributed by atoms with E-state index >= 15 is 0 Å². The molecule has 0 saturated heterocycles. The van der Waals surface area contributed by atoms with Gasteiger partial charge in [-0.25, -0.2) is 13.4 Å². The van der Waals surface area contributed by atoms with Crippen LogP contribution in [0, 0.1) is 0 Å². The number of hydrogen-bond acceptors (Lipinski definition) is 3. The van der Waals surface area contributed by atoms with Crippen molar-refractivity contribution in [3.05, 3.63) is 22.9 Å². The number of aromatic nitrogens is 2. The van der Waals surface area contributed by atoms with Crippen molar-refractivity contribution in [1.29, 1.82) is 0 Å². The lowest BCUT2D eigenvalue weighted by Gasteiger charge is -1.98. The number of rotatable bonds is 1. The average molecular weight is 296 g/mol. The SMILES string of the molecule is O=S(=O)(Cl)c1cc(Br)c2nc[nH]c2c1. The fourth-order valence-corrected chi connectivity index (χ4v) is 2.62. The van der Waals surface area contributed by atoms with E-state index in [0.717, 1.165) is 0 Å². The van der Waals surface area contributed by atoms with Crippen molar-refractivity contribution in [2.45, 2.75) is 4.90 Å². The topological polar surface area (TPSA) is 62.8 Å². The van der Waals surface area contributed by atoms with Crippen molar-refractivity contribution in [1.82, 2.24) is 9.97 Å². The molecule has 0 aliphatic heterocycles. The summed E-state index contributed by atoms with van der Waals surface area (Å²) in [5.41, 5.74) is 1.30. The number of imidazole rings is 1. The maximum absolute atomic E-state index is 11.1. The third-order valence-corrected chi connectivity index (χ3v) is 3.67. The molecule has 0 aliphatic rings. The minimum atomic E-state index is -3.70. The summed E-state index contributed by atoms with van der Waals surface area (Å²) in [5.74, 6) is 0. The molecule has 0 atom stereocenters. The quantitative estimate of drug-likeness (QED) is 0.821. The Morgan fingerprint density at radius 2 is 2.14 bits per heavy atom. The van der Waals surface area contributed by atoms with Gasteiger partial charge in [0.15, 0.2) is 0 Å². The Hall–Kier alpha value is -0.590. The largest absolute Gasteiger partial charge is 0.345 e. The summed E-state index contributed by atoms with van der Waals surface area (Å²) >= 11 is 3.21. The number of fused-ring (bicyclic) bond motifs is 1. The van der Waals surface area contributed by atoms with Gasteiger partial charge in [-0.2, -0.15) is 0 Å². The zero-order valence-corrected chi connectivity index (χ0v) is 9.82. The maximum Gasteiger partial charge on any atom is 0.261 e. The summed E-state index contributed by atoms with van der Waals surface area (Å²) in [5, 5.41) is 0. The van der Waals surface area contributed by atoms with E-state index in [1.165, 1.54) is 18.5 Å². The van der Waals surface area contributed by atoms with Crippen LogP contribution in [0.1, 0.15) is 0 Å². The van der Waals surface area contributed by atoms with Gasteiger partial charge in [-0.3, -0.25) is 0 Å². The van der Waals surface area contributed by atoms with Crippen LogP contribution in [0.5, 0.6) is 0 Å². The molecule has 0 saturated carbocycles. The lowest BCUT2D eigenvalue weighted by Crippen LogP contribution is -1.90. The summed E-state index contributed by atoms with van der Waals surface area (Å²) in [6.07, 6.45) is 1.49. The van der Waals surface area contributed by atoms with E-state index in [1.54, 1.807) is 0 Å². The predicted octanol–water partition coefficient (Wildman–Crippen LogP) is 2.25. The number of nitrogens with zero attached hydrogens (tertiary/aromatic N) is 1. The molecule has 1 aromatic carbocycles. The Bertz CT molecular complexity index is 593. The first-order chi connectivity index (χ1) is 6.48. The molecule has 2 aromatic rings. The van der Waals surface area contributed by atoms with Crippen molar-refractivity contribution in [3.8, 4) is 0 Å². The zero-order chi connectivity index (χ0) is 10.3. The van der Waals surface area contributed by atoms with E-state index in [1.807, 2.05) is 0 Å². The first kappa shape index (κ1) is 9.95. The molecule has 1 aromatic heterocycles. The van der Waals surface area contributed by atoms with E-state index in [4.69, 9.17) is 10.7 Å². The summed E-state index contributed by atoms with van der Waals surface area (Å²) in [4.78, 5) is 6.85. The molecule has 74 valence electrons. The van der Waals surface area contributed by atoms with Crippen LogP contribution in [0.2, 0.25) is 0 Å². The summed E-state index contributed by atoms with van der Waals surface area (Å²) < 4.78 is 22.7. The van der Waals surface area contributed by atoms with E-state index in [-0.39, 0.29) is 4.90 Å². The molecule has 0 fully saturated rings. The summed E-state index contributed by atoms with van der Waals surface area (Å²) in [6.45, 7) is 0. The lowest BCUT2D eigenvalue weighted by molar-refractivity contribution is 0.609. The molecular weight excluding hydrogens is 292 g/mol. The number of hydrogen-bond donors (Lipinski definition) is 1. The normalized spacial score (nSPS) is 12.1. The van der Waals surface area contributed by atoms with Gasteiger partial charge in [0.25, 0.3) is 9.05 Å². The van der Waals surface area contributed by atoms with Gasteiger partial charge < -0.3 is 4.98 Å². The second kappa shape index (κ2) is 3.22. The first-order valence-electron chi connectivity index (χ1n) is 3.56. The highest BCUT2D eigenvalue weighted by Crippen LogP contribution is 2.26. The minimum Gasteiger partial charge on any atom is -0.345 e. The number of H-pyrrole nitrogens is 1. The smallest absolute Gasteiger partial charge is 0.261 e. The number of aromatic amines is 1. The molecule has 4 nitrogen and oxygen atoms in total. The van der Waals surface area contributed by atoms with Gasteiger partial charge in [-0.1, -0.05) is 0 Å². The number of halogens is 2. The standard InChI is InChI=1S/C7H4BrClN2O2S/c8-5-1-4(14(9,12)13)2-6-7(5)11-3-10-6/h1-3H,(H,10,11). The van der Waals surface area contributed by atoms with Crippen LogP contribution in [0.25, 0.3) is 11.0 Å². The molecule has 0 spiro atoms. The second-order valence-electron chi connectivity index (χ2n) is 2.64. The fraction of sp³-hybridized carbons (Fsp3) is 0. The van der Waals surface area contributed by atoms with Gasteiger partial charge in [0.2, 0.25) is 0 Å². The molecule has 1 heterocycles. The Kier molecular flexibility index (Phi) is 2.29. The maximum atomic E-state index is 11.1. The second-order valence-corrected chi connectivity index (χ2v) is 6.06. The molecule has 0 aliphatic carbocycles. The van der Waals surface area contributed by atoms with E-state index in [0.29, 0.717) is 15.5 Å². The van der Waals surface area contributed by atoms with Crippen LogP contribution in [0.3, 0.4) is 0 Å².